The van der Waals surface area contributed by atoms with Crippen LogP contribution < -0.4 is 10.6 Å². The van der Waals surface area contributed by atoms with E-state index in [0.29, 0.717) is 24.2 Å². The molecular weight excluding hydrogens is 396 g/mol. The third-order valence-corrected chi connectivity index (χ3v) is 5.22. The molecule has 32 heavy (non-hydrogen) atoms. The van der Waals surface area contributed by atoms with Crippen LogP contribution in [0.5, 0.6) is 0 Å². The molecule has 0 atom stereocenters. The molecule has 2 amide bonds. The highest BCUT2D eigenvalue weighted by molar-refractivity contribution is 5.95. The average Bonchev–Trinajstić information content (AvgIpc) is 2.87. The van der Waals surface area contributed by atoms with Crippen LogP contribution in [0.3, 0.4) is 0 Å². The average molecular weight is 421 g/mol. The molecule has 2 N–H and O–H groups in total. The lowest BCUT2D eigenvalue weighted by Crippen LogP contribution is -2.22. The van der Waals surface area contributed by atoms with Crippen molar-refractivity contribution in [3.63, 3.8) is 0 Å². The first-order chi connectivity index (χ1) is 15.7. The Balaban J connectivity index is 1.34. The fourth-order valence-electron chi connectivity index (χ4n) is 3.39. The minimum absolute atomic E-state index is 0.106. The maximum Gasteiger partial charge on any atom is 0.251 e. The van der Waals surface area contributed by atoms with E-state index in [2.05, 4.69) is 10.6 Å². The van der Waals surface area contributed by atoms with Crippen molar-refractivity contribution in [1.29, 1.82) is 0 Å². The van der Waals surface area contributed by atoms with Gasteiger partial charge in [-0.05, 0) is 46.5 Å². The molecule has 0 fully saturated rings. The summed E-state index contributed by atoms with van der Waals surface area (Å²) in [7, 11) is 0. The van der Waals surface area contributed by atoms with Crippen LogP contribution in [0.1, 0.15) is 31.8 Å². The Kier molecular flexibility index (Phi) is 6.73. The number of hydrogen-bond donors (Lipinski definition) is 2. The number of benzene rings is 4. The van der Waals surface area contributed by atoms with Gasteiger partial charge >= 0.3 is 0 Å². The normalized spacial score (nSPS) is 10.4. The summed E-state index contributed by atoms with van der Waals surface area (Å²) in [5, 5.41) is 5.87. The number of hydrogen-bond acceptors (Lipinski definition) is 2. The second-order valence-corrected chi connectivity index (χ2v) is 7.49. The number of nitrogens with one attached hydrogen (secondary N) is 2. The maximum absolute atomic E-state index is 12.4. The van der Waals surface area contributed by atoms with Crippen molar-refractivity contribution in [2.45, 2.75) is 13.1 Å². The van der Waals surface area contributed by atoms with Crippen LogP contribution in [-0.2, 0) is 13.1 Å². The van der Waals surface area contributed by atoms with Gasteiger partial charge in [0.25, 0.3) is 11.8 Å². The van der Waals surface area contributed by atoms with E-state index in [1.54, 1.807) is 0 Å². The van der Waals surface area contributed by atoms with E-state index in [9.17, 15) is 9.59 Å². The van der Waals surface area contributed by atoms with Crippen molar-refractivity contribution >= 4 is 11.8 Å². The molecule has 0 aromatic heterocycles. The first-order valence-corrected chi connectivity index (χ1v) is 10.5. The highest BCUT2D eigenvalue weighted by atomic mass is 16.2. The van der Waals surface area contributed by atoms with Crippen molar-refractivity contribution in [3.8, 4) is 11.1 Å². The lowest BCUT2D eigenvalue weighted by Gasteiger charge is -2.08. The maximum atomic E-state index is 12.4. The molecular formula is C28H24N2O2. The highest BCUT2D eigenvalue weighted by Gasteiger charge is 2.08. The molecule has 158 valence electrons. The first-order valence-electron chi connectivity index (χ1n) is 10.5. The summed E-state index contributed by atoms with van der Waals surface area (Å²) < 4.78 is 0. The lowest BCUT2D eigenvalue weighted by molar-refractivity contribution is 0.0943. The summed E-state index contributed by atoms with van der Waals surface area (Å²) >= 11 is 0. The van der Waals surface area contributed by atoms with E-state index in [1.807, 2.05) is 109 Å². The quantitative estimate of drug-likeness (QED) is 0.431. The van der Waals surface area contributed by atoms with Crippen molar-refractivity contribution < 1.29 is 9.59 Å². The van der Waals surface area contributed by atoms with Crippen LogP contribution in [0.2, 0.25) is 0 Å². The van der Waals surface area contributed by atoms with Gasteiger partial charge in [0, 0.05) is 24.2 Å². The lowest BCUT2D eigenvalue weighted by atomic mass is 10.0. The molecule has 0 saturated heterocycles. The van der Waals surface area contributed by atoms with E-state index in [0.717, 1.165) is 22.3 Å². The number of carbonyl (C=O) groups excluding carboxylic acids is 2. The molecule has 0 aliphatic carbocycles. The zero-order valence-electron chi connectivity index (χ0n) is 17.6. The van der Waals surface area contributed by atoms with Gasteiger partial charge in [0.1, 0.15) is 0 Å². The fourth-order valence-corrected chi connectivity index (χ4v) is 3.39. The third kappa shape index (κ3) is 5.49. The van der Waals surface area contributed by atoms with Crippen molar-refractivity contribution in [2.75, 3.05) is 0 Å². The zero-order valence-corrected chi connectivity index (χ0v) is 17.6. The summed E-state index contributed by atoms with van der Waals surface area (Å²) in [4.78, 5) is 24.8. The van der Waals surface area contributed by atoms with Gasteiger partial charge < -0.3 is 10.6 Å². The van der Waals surface area contributed by atoms with Crippen molar-refractivity contribution in [3.05, 3.63) is 131 Å². The summed E-state index contributed by atoms with van der Waals surface area (Å²) in [6, 6.07) is 34.6. The Bertz CT molecular complexity index is 1070. The van der Waals surface area contributed by atoms with Crippen LogP contribution in [0.4, 0.5) is 0 Å². The van der Waals surface area contributed by atoms with Crippen LogP contribution >= 0.6 is 0 Å². The SMILES string of the molecule is O=C(NCc1ccccc1)c1ccc(-c2ccc(C(=O)NCc3ccccc3)cc2)cc1. The smallest absolute Gasteiger partial charge is 0.251 e. The minimum Gasteiger partial charge on any atom is -0.348 e. The predicted octanol–water partition coefficient (Wildman–Crippen LogP) is 5.21. The zero-order chi connectivity index (χ0) is 22.2. The molecule has 4 heteroatoms. The van der Waals surface area contributed by atoms with Gasteiger partial charge in [-0.1, -0.05) is 84.9 Å². The van der Waals surface area contributed by atoms with Gasteiger partial charge in [-0.2, -0.15) is 0 Å². The van der Waals surface area contributed by atoms with Gasteiger partial charge in [-0.3, -0.25) is 9.59 Å². The van der Waals surface area contributed by atoms with Crippen molar-refractivity contribution in [1.82, 2.24) is 10.6 Å². The Morgan fingerprint density at radius 2 is 0.812 bits per heavy atom. The number of amides is 2. The van der Waals surface area contributed by atoms with Crippen LogP contribution in [0, 0.1) is 0 Å². The summed E-state index contributed by atoms with van der Waals surface area (Å²) in [6.45, 7) is 0.991. The molecule has 0 heterocycles. The molecule has 4 aromatic rings. The molecule has 4 aromatic carbocycles. The standard InChI is InChI=1S/C28H24N2O2/c31-27(29-19-21-7-3-1-4-8-21)25-15-11-23(12-16-25)24-13-17-26(18-14-24)28(32)30-20-22-9-5-2-6-10-22/h1-18H,19-20H2,(H,29,31)(H,30,32). The Labute approximate surface area is 187 Å². The topological polar surface area (TPSA) is 58.2 Å². The Hall–Kier alpha value is -4.18. The molecule has 0 radical (unpaired) electrons. The minimum atomic E-state index is -0.106. The Morgan fingerprint density at radius 3 is 1.16 bits per heavy atom. The van der Waals surface area contributed by atoms with E-state index in [4.69, 9.17) is 0 Å². The van der Waals surface area contributed by atoms with Crippen LogP contribution in [0.25, 0.3) is 11.1 Å². The van der Waals surface area contributed by atoms with Gasteiger partial charge in [0.15, 0.2) is 0 Å². The number of rotatable bonds is 7. The summed E-state index contributed by atoms with van der Waals surface area (Å²) in [5.74, 6) is -0.211. The Morgan fingerprint density at radius 1 is 0.469 bits per heavy atom. The molecule has 0 bridgehead atoms. The molecule has 0 unspecified atom stereocenters. The second kappa shape index (κ2) is 10.2. The monoisotopic (exact) mass is 420 g/mol. The third-order valence-electron chi connectivity index (χ3n) is 5.22. The predicted molar refractivity (Wildman–Crippen MR) is 127 cm³/mol. The highest BCUT2D eigenvalue weighted by Crippen LogP contribution is 2.20. The van der Waals surface area contributed by atoms with E-state index in [-0.39, 0.29) is 11.8 Å². The van der Waals surface area contributed by atoms with Gasteiger partial charge in [0.2, 0.25) is 0 Å². The van der Waals surface area contributed by atoms with Crippen LogP contribution in [-0.4, -0.2) is 11.8 Å². The largest absolute Gasteiger partial charge is 0.348 e. The molecule has 4 nitrogen and oxygen atoms in total. The van der Waals surface area contributed by atoms with Crippen LogP contribution in [0.15, 0.2) is 109 Å². The molecule has 0 saturated carbocycles. The fraction of sp³-hybridized carbons (Fsp3) is 0.0714. The molecule has 0 aliphatic rings. The second-order valence-electron chi connectivity index (χ2n) is 7.49. The molecule has 0 spiro atoms. The molecule has 4 rings (SSSR count). The van der Waals surface area contributed by atoms with Gasteiger partial charge in [-0.25, -0.2) is 0 Å². The van der Waals surface area contributed by atoms with E-state index in [1.165, 1.54) is 0 Å². The summed E-state index contributed by atoms with van der Waals surface area (Å²) in [5.41, 5.74) is 5.32. The van der Waals surface area contributed by atoms with Crippen molar-refractivity contribution in [2.24, 2.45) is 0 Å². The number of carbonyl (C=O) groups is 2. The summed E-state index contributed by atoms with van der Waals surface area (Å²) in [6.07, 6.45) is 0. The van der Waals surface area contributed by atoms with E-state index < -0.39 is 0 Å². The van der Waals surface area contributed by atoms with Gasteiger partial charge in [0.05, 0.1) is 0 Å². The van der Waals surface area contributed by atoms with Gasteiger partial charge in [-0.15, -0.1) is 0 Å². The van der Waals surface area contributed by atoms with E-state index >= 15 is 0 Å². The molecule has 0 aliphatic heterocycles. The first kappa shape index (κ1) is 21.1.